The van der Waals surface area contributed by atoms with Gasteiger partial charge in [0, 0.05) is 33.2 Å². The zero-order chi connectivity index (χ0) is 15.9. The molecule has 1 aliphatic heterocycles. The average molecular weight is 341 g/mol. The summed E-state index contributed by atoms with van der Waals surface area (Å²) in [6.07, 6.45) is 0.554. The van der Waals surface area contributed by atoms with Crippen LogP contribution in [0.2, 0.25) is 0 Å². The quantitative estimate of drug-likeness (QED) is 0.782. The molecule has 0 radical (unpaired) electrons. The van der Waals surface area contributed by atoms with Gasteiger partial charge in [-0.25, -0.2) is 0 Å². The van der Waals surface area contributed by atoms with Gasteiger partial charge in [-0.15, -0.1) is 12.4 Å². The van der Waals surface area contributed by atoms with Gasteiger partial charge in [-0.05, 0) is 12.0 Å². The van der Waals surface area contributed by atoms with E-state index in [2.05, 4.69) is 5.32 Å². The lowest BCUT2D eigenvalue weighted by Gasteiger charge is -2.35. The number of amides is 2. The van der Waals surface area contributed by atoms with E-state index in [1.54, 1.807) is 11.9 Å². The molecule has 7 heteroatoms. The van der Waals surface area contributed by atoms with E-state index in [4.69, 9.17) is 5.73 Å². The lowest BCUT2D eigenvalue weighted by atomic mass is 10.1. The van der Waals surface area contributed by atoms with Crippen LogP contribution in [0.4, 0.5) is 0 Å². The Morgan fingerprint density at radius 3 is 2.35 bits per heavy atom. The number of carbonyl (C=O) groups excluding carboxylic acids is 2. The van der Waals surface area contributed by atoms with Crippen molar-refractivity contribution in [1.29, 1.82) is 0 Å². The number of piperazine rings is 1. The molecule has 0 unspecified atom stereocenters. The molecule has 1 heterocycles. The molecule has 0 bridgehead atoms. The van der Waals surface area contributed by atoms with E-state index in [-0.39, 0.29) is 24.2 Å². The number of likely N-dealkylation sites (N-methyl/N-ethyl adjacent to an activating group) is 1. The minimum atomic E-state index is -0.507. The molecular formula is C16H25ClN4O2. The van der Waals surface area contributed by atoms with Gasteiger partial charge in [0.25, 0.3) is 0 Å². The largest absolute Gasteiger partial charge is 0.358 e. The summed E-state index contributed by atoms with van der Waals surface area (Å²) in [6.45, 7) is 3.04. The molecule has 1 saturated heterocycles. The maximum absolute atomic E-state index is 12.4. The molecule has 128 valence electrons. The van der Waals surface area contributed by atoms with Crippen molar-refractivity contribution >= 4 is 24.2 Å². The van der Waals surface area contributed by atoms with Crippen LogP contribution in [-0.4, -0.2) is 67.4 Å². The molecule has 1 aliphatic rings. The topological polar surface area (TPSA) is 78.7 Å². The third-order valence-electron chi connectivity index (χ3n) is 3.95. The number of nitrogens with two attached hydrogens (primary N) is 1. The van der Waals surface area contributed by atoms with Crippen LogP contribution in [0, 0.1) is 0 Å². The summed E-state index contributed by atoms with van der Waals surface area (Å²) in [5.74, 6) is -0.0102. The molecule has 1 atom stereocenters. The number of nitrogens with zero attached hydrogens (tertiary/aromatic N) is 2. The Kier molecular flexibility index (Phi) is 8.02. The Morgan fingerprint density at radius 2 is 1.78 bits per heavy atom. The summed E-state index contributed by atoms with van der Waals surface area (Å²) in [5, 5.41) is 2.61. The standard InChI is InChI=1S/C16H24N4O2.ClH/c1-18-15(21)12-19-7-9-20(10-8-19)16(22)14(17)11-13-5-3-2-4-6-13;/h2-6,14H,7-12,17H2,1H3,(H,18,21);1H/t14-;/m0./s1. The molecular weight excluding hydrogens is 316 g/mol. The molecule has 0 aromatic heterocycles. The van der Waals surface area contributed by atoms with Crippen LogP contribution in [-0.2, 0) is 16.0 Å². The zero-order valence-corrected chi connectivity index (χ0v) is 14.2. The Morgan fingerprint density at radius 1 is 1.17 bits per heavy atom. The van der Waals surface area contributed by atoms with Crippen LogP contribution in [0.15, 0.2) is 30.3 Å². The SMILES string of the molecule is CNC(=O)CN1CCN(C(=O)[C@@H](N)Cc2ccccc2)CC1.Cl. The molecule has 1 fully saturated rings. The average Bonchev–Trinajstić information content (AvgIpc) is 2.55. The summed E-state index contributed by atoms with van der Waals surface area (Å²) in [6, 6.07) is 9.30. The fraction of sp³-hybridized carbons (Fsp3) is 0.500. The van der Waals surface area contributed by atoms with Crippen LogP contribution >= 0.6 is 12.4 Å². The first-order valence-corrected chi connectivity index (χ1v) is 7.61. The van der Waals surface area contributed by atoms with E-state index in [1.165, 1.54) is 0 Å². The van der Waals surface area contributed by atoms with Crippen LogP contribution in [0.25, 0.3) is 0 Å². The van der Waals surface area contributed by atoms with E-state index < -0.39 is 6.04 Å². The van der Waals surface area contributed by atoms with Crippen molar-refractivity contribution in [3.8, 4) is 0 Å². The van der Waals surface area contributed by atoms with E-state index in [0.29, 0.717) is 39.1 Å². The monoisotopic (exact) mass is 340 g/mol. The number of benzene rings is 1. The summed E-state index contributed by atoms with van der Waals surface area (Å²) < 4.78 is 0. The van der Waals surface area contributed by atoms with Gasteiger partial charge >= 0.3 is 0 Å². The second-order valence-electron chi connectivity index (χ2n) is 5.57. The second-order valence-corrected chi connectivity index (χ2v) is 5.57. The van der Waals surface area contributed by atoms with Crippen molar-refractivity contribution in [1.82, 2.24) is 15.1 Å². The maximum Gasteiger partial charge on any atom is 0.239 e. The van der Waals surface area contributed by atoms with E-state index >= 15 is 0 Å². The van der Waals surface area contributed by atoms with Gasteiger partial charge in [-0.2, -0.15) is 0 Å². The predicted molar refractivity (Wildman–Crippen MR) is 92.5 cm³/mol. The lowest BCUT2D eigenvalue weighted by Crippen LogP contribution is -2.54. The lowest BCUT2D eigenvalue weighted by molar-refractivity contribution is -0.134. The molecule has 0 spiro atoms. The Bertz CT molecular complexity index is 504. The van der Waals surface area contributed by atoms with Crippen LogP contribution in [0.5, 0.6) is 0 Å². The van der Waals surface area contributed by atoms with Gasteiger partial charge < -0.3 is 16.0 Å². The van der Waals surface area contributed by atoms with Gasteiger partial charge in [-0.1, -0.05) is 30.3 Å². The van der Waals surface area contributed by atoms with Gasteiger partial charge in [0.2, 0.25) is 11.8 Å². The predicted octanol–water partition coefficient (Wildman–Crippen LogP) is -0.132. The maximum atomic E-state index is 12.4. The summed E-state index contributed by atoms with van der Waals surface area (Å²) >= 11 is 0. The highest BCUT2D eigenvalue weighted by atomic mass is 35.5. The third-order valence-corrected chi connectivity index (χ3v) is 3.95. The highest BCUT2D eigenvalue weighted by molar-refractivity contribution is 5.85. The molecule has 6 nitrogen and oxygen atoms in total. The van der Waals surface area contributed by atoms with Crippen molar-refractivity contribution in [2.45, 2.75) is 12.5 Å². The number of nitrogens with one attached hydrogen (secondary N) is 1. The number of hydrogen-bond donors (Lipinski definition) is 2. The number of rotatable bonds is 5. The Balaban J connectivity index is 0.00000264. The van der Waals surface area contributed by atoms with E-state index in [0.717, 1.165) is 5.56 Å². The van der Waals surface area contributed by atoms with Crippen LogP contribution in [0.3, 0.4) is 0 Å². The number of carbonyl (C=O) groups is 2. The van der Waals surface area contributed by atoms with Crippen molar-refractivity contribution in [3.63, 3.8) is 0 Å². The molecule has 0 aliphatic carbocycles. The van der Waals surface area contributed by atoms with Crippen LogP contribution < -0.4 is 11.1 Å². The highest BCUT2D eigenvalue weighted by Crippen LogP contribution is 2.07. The van der Waals surface area contributed by atoms with Gasteiger partial charge in [-0.3, -0.25) is 14.5 Å². The van der Waals surface area contributed by atoms with Crippen molar-refractivity contribution < 1.29 is 9.59 Å². The van der Waals surface area contributed by atoms with E-state index in [9.17, 15) is 9.59 Å². The molecule has 3 N–H and O–H groups in total. The van der Waals surface area contributed by atoms with Crippen molar-refractivity contribution in [3.05, 3.63) is 35.9 Å². The number of hydrogen-bond acceptors (Lipinski definition) is 4. The summed E-state index contributed by atoms with van der Waals surface area (Å²) in [7, 11) is 1.63. The molecule has 1 aromatic carbocycles. The van der Waals surface area contributed by atoms with Gasteiger partial charge in [0.15, 0.2) is 0 Å². The highest BCUT2D eigenvalue weighted by Gasteiger charge is 2.25. The molecule has 2 amide bonds. The zero-order valence-electron chi connectivity index (χ0n) is 13.4. The van der Waals surface area contributed by atoms with Crippen molar-refractivity contribution in [2.24, 2.45) is 5.73 Å². The first-order chi connectivity index (χ1) is 10.6. The first kappa shape index (κ1) is 19.4. The van der Waals surface area contributed by atoms with Gasteiger partial charge in [0.05, 0.1) is 12.6 Å². The summed E-state index contributed by atoms with van der Waals surface area (Å²) in [5.41, 5.74) is 7.12. The van der Waals surface area contributed by atoms with Crippen LogP contribution in [0.1, 0.15) is 5.56 Å². The first-order valence-electron chi connectivity index (χ1n) is 7.61. The fourth-order valence-electron chi connectivity index (χ4n) is 2.60. The fourth-order valence-corrected chi connectivity index (χ4v) is 2.60. The molecule has 2 rings (SSSR count). The van der Waals surface area contributed by atoms with Crippen molar-refractivity contribution in [2.75, 3.05) is 39.8 Å². The Labute approximate surface area is 143 Å². The smallest absolute Gasteiger partial charge is 0.239 e. The Hall–Kier alpha value is -1.63. The second kappa shape index (κ2) is 9.50. The van der Waals surface area contributed by atoms with E-state index in [1.807, 2.05) is 35.2 Å². The molecule has 23 heavy (non-hydrogen) atoms. The molecule has 0 saturated carbocycles. The third kappa shape index (κ3) is 5.82. The minimum absolute atomic E-state index is 0. The number of halogens is 1. The molecule has 1 aromatic rings. The normalized spacial score (nSPS) is 16.3. The summed E-state index contributed by atoms with van der Waals surface area (Å²) in [4.78, 5) is 27.6. The van der Waals surface area contributed by atoms with Gasteiger partial charge in [0.1, 0.15) is 0 Å². The minimum Gasteiger partial charge on any atom is -0.358 e.